The fourth-order valence-electron chi connectivity index (χ4n) is 1.55. The number of nitrogens with zero attached hydrogens (tertiary/aromatic N) is 2. The molecule has 0 aliphatic rings. The molecule has 0 aliphatic heterocycles. The number of Topliss-reactive ketones (excluding diaryl/α,β-unsaturated/α-hetero) is 1. The lowest BCUT2D eigenvalue weighted by Crippen LogP contribution is -2.14. The van der Waals surface area contributed by atoms with Crippen LogP contribution in [0.3, 0.4) is 0 Å². The maximum absolute atomic E-state index is 11.8. The number of nitrogens with one attached hydrogen (secondary N) is 1. The minimum Gasteiger partial charge on any atom is -0.416 e. The van der Waals surface area contributed by atoms with E-state index in [9.17, 15) is 9.59 Å². The van der Waals surface area contributed by atoms with Crippen molar-refractivity contribution in [1.82, 2.24) is 10.2 Å². The zero-order valence-electron chi connectivity index (χ0n) is 11.8. The number of hydrogen-bond donors (Lipinski definition) is 1. The Morgan fingerprint density at radius 2 is 1.95 bits per heavy atom. The zero-order chi connectivity index (χ0) is 15.2. The summed E-state index contributed by atoms with van der Waals surface area (Å²) < 4.78 is 5.30. The van der Waals surface area contributed by atoms with Crippen molar-refractivity contribution in [3.63, 3.8) is 0 Å². The van der Waals surface area contributed by atoms with E-state index in [1.807, 2.05) is 6.92 Å². The predicted molar refractivity (Wildman–Crippen MR) is 79.5 cm³/mol. The zero-order valence-corrected chi connectivity index (χ0v) is 12.6. The van der Waals surface area contributed by atoms with Crippen LogP contribution in [0.2, 0.25) is 0 Å². The van der Waals surface area contributed by atoms with Crippen molar-refractivity contribution in [2.45, 2.75) is 25.5 Å². The van der Waals surface area contributed by atoms with Gasteiger partial charge in [-0.15, -0.1) is 10.2 Å². The molecule has 1 N–H and O–H groups in total. The van der Waals surface area contributed by atoms with Crippen molar-refractivity contribution in [3.8, 4) is 0 Å². The molecule has 1 amide bonds. The highest BCUT2D eigenvalue weighted by Gasteiger charge is 2.09. The molecule has 21 heavy (non-hydrogen) atoms. The van der Waals surface area contributed by atoms with Gasteiger partial charge >= 0.3 is 0 Å². The third-order valence-electron chi connectivity index (χ3n) is 2.65. The molecule has 0 saturated heterocycles. The van der Waals surface area contributed by atoms with Crippen molar-refractivity contribution < 1.29 is 14.0 Å². The van der Waals surface area contributed by atoms with E-state index in [2.05, 4.69) is 15.5 Å². The van der Waals surface area contributed by atoms with E-state index in [-0.39, 0.29) is 17.4 Å². The highest BCUT2D eigenvalue weighted by atomic mass is 32.2. The summed E-state index contributed by atoms with van der Waals surface area (Å²) in [6, 6.07) is 6.75. The summed E-state index contributed by atoms with van der Waals surface area (Å²) in [6.07, 6.45) is 0.669. The van der Waals surface area contributed by atoms with Gasteiger partial charge in [-0.05, 0) is 31.2 Å². The maximum atomic E-state index is 11.8. The van der Waals surface area contributed by atoms with Gasteiger partial charge in [0.15, 0.2) is 5.78 Å². The van der Waals surface area contributed by atoms with Crippen LogP contribution >= 0.6 is 11.8 Å². The van der Waals surface area contributed by atoms with Crippen molar-refractivity contribution in [2.24, 2.45) is 0 Å². The largest absolute Gasteiger partial charge is 0.416 e. The summed E-state index contributed by atoms with van der Waals surface area (Å²) in [5, 5.41) is 10.8. The molecule has 0 bridgehead atoms. The highest BCUT2D eigenvalue weighted by Crippen LogP contribution is 2.17. The Bertz CT molecular complexity index is 637. The van der Waals surface area contributed by atoms with Crippen LogP contribution in [0.1, 0.15) is 30.1 Å². The number of amides is 1. The van der Waals surface area contributed by atoms with Gasteiger partial charge in [0.1, 0.15) is 0 Å². The number of aromatic nitrogens is 2. The maximum Gasteiger partial charge on any atom is 0.277 e. The van der Waals surface area contributed by atoms with E-state index in [4.69, 9.17) is 4.42 Å². The normalized spacial score (nSPS) is 10.4. The average Bonchev–Trinajstić information content (AvgIpc) is 2.94. The molecule has 6 nitrogen and oxygen atoms in total. The lowest BCUT2D eigenvalue weighted by molar-refractivity contribution is -0.113. The molecule has 2 rings (SSSR count). The molecule has 0 unspecified atom stereocenters. The number of thioether (sulfide) groups is 1. The first-order valence-electron chi connectivity index (χ1n) is 6.44. The van der Waals surface area contributed by atoms with E-state index in [1.54, 1.807) is 24.3 Å². The Labute approximate surface area is 126 Å². The lowest BCUT2D eigenvalue weighted by Gasteiger charge is -2.04. The number of carbonyl (C=O) groups excluding carboxylic acids is 2. The van der Waals surface area contributed by atoms with Crippen LogP contribution in [0.5, 0.6) is 0 Å². The molecule has 7 heteroatoms. The number of hydrogen-bond acceptors (Lipinski definition) is 6. The first-order chi connectivity index (χ1) is 10.1. The predicted octanol–water partition coefficient (Wildman–Crippen LogP) is 2.57. The Morgan fingerprint density at radius 1 is 1.24 bits per heavy atom. The van der Waals surface area contributed by atoms with Gasteiger partial charge < -0.3 is 9.73 Å². The summed E-state index contributed by atoms with van der Waals surface area (Å²) in [4.78, 5) is 22.9. The molecule has 2 aromatic rings. The van der Waals surface area contributed by atoms with Gasteiger partial charge in [0.2, 0.25) is 11.8 Å². The lowest BCUT2D eigenvalue weighted by atomic mass is 10.1. The third kappa shape index (κ3) is 4.42. The quantitative estimate of drug-likeness (QED) is 0.652. The smallest absolute Gasteiger partial charge is 0.277 e. The van der Waals surface area contributed by atoms with Crippen molar-refractivity contribution in [1.29, 1.82) is 0 Å². The van der Waals surface area contributed by atoms with Crippen LogP contribution in [0, 0.1) is 0 Å². The SMILES string of the molecule is CCc1nnc(SCC(=O)Nc2ccc(C(C)=O)cc2)o1. The molecule has 0 radical (unpaired) electrons. The first-order valence-corrected chi connectivity index (χ1v) is 7.43. The molecule has 0 atom stereocenters. The molecule has 1 aromatic carbocycles. The Morgan fingerprint density at radius 3 is 2.52 bits per heavy atom. The molecule has 1 aromatic heterocycles. The second-order valence-electron chi connectivity index (χ2n) is 4.29. The van der Waals surface area contributed by atoms with E-state index in [0.717, 1.165) is 0 Å². The molecular formula is C14H15N3O3S. The topological polar surface area (TPSA) is 85.1 Å². The molecule has 1 heterocycles. The van der Waals surface area contributed by atoms with Gasteiger partial charge in [0.05, 0.1) is 5.75 Å². The van der Waals surface area contributed by atoms with E-state index >= 15 is 0 Å². The van der Waals surface area contributed by atoms with Crippen LogP contribution in [0.4, 0.5) is 5.69 Å². The van der Waals surface area contributed by atoms with Crippen molar-refractivity contribution >= 4 is 29.1 Å². The minimum absolute atomic E-state index is 0.00782. The Hall–Kier alpha value is -2.15. The first kappa shape index (κ1) is 15.2. The van der Waals surface area contributed by atoms with Crippen LogP contribution in [0.25, 0.3) is 0 Å². The van der Waals surface area contributed by atoms with Crippen molar-refractivity contribution in [2.75, 3.05) is 11.1 Å². The summed E-state index contributed by atoms with van der Waals surface area (Å²) in [7, 11) is 0. The average molecular weight is 305 g/mol. The highest BCUT2D eigenvalue weighted by molar-refractivity contribution is 7.99. The van der Waals surface area contributed by atoms with E-state index in [0.29, 0.717) is 28.8 Å². The number of carbonyl (C=O) groups is 2. The van der Waals surface area contributed by atoms with E-state index < -0.39 is 0 Å². The molecule has 0 fully saturated rings. The van der Waals surface area contributed by atoms with E-state index in [1.165, 1.54) is 18.7 Å². The number of anilines is 1. The van der Waals surface area contributed by atoms with Gasteiger partial charge in [-0.2, -0.15) is 0 Å². The summed E-state index contributed by atoms with van der Waals surface area (Å²) >= 11 is 1.19. The molecule has 110 valence electrons. The van der Waals surface area contributed by atoms with Gasteiger partial charge in [0.25, 0.3) is 5.22 Å². The van der Waals surface area contributed by atoms with Crippen LogP contribution in [-0.2, 0) is 11.2 Å². The second-order valence-corrected chi connectivity index (χ2v) is 5.21. The van der Waals surface area contributed by atoms with Gasteiger partial charge in [-0.25, -0.2) is 0 Å². The molecular weight excluding hydrogens is 290 g/mol. The van der Waals surface area contributed by atoms with Crippen LogP contribution < -0.4 is 5.32 Å². The van der Waals surface area contributed by atoms with Crippen LogP contribution in [0.15, 0.2) is 33.9 Å². The van der Waals surface area contributed by atoms with Crippen molar-refractivity contribution in [3.05, 3.63) is 35.7 Å². The fraction of sp³-hybridized carbons (Fsp3) is 0.286. The van der Waals surface area contributed by atoms with Gasteiger partial charge in [-0.3, -0.25) is 9.59 Å². The van der Waals surface area contributed by atoms with Crippen LogP contribution in [-0.4, -0.2) is 27.6 Å². The summed E-state index contributed by atoms with van der Waals surface area (Å²) in [6.45, 7) is 3.42. The second kappa shape index (κ2) is 7.03. The Kier molecular flexibility index (Phi) is 5.10. The number of benzene rings is 1. The standard InChI is InChI=1S/C14H15N3O3S/c1-3-13-16-17-14(20-13)21-8-12(19)15-11-6-4-10(5-7-11)9(2)18/h4-7H,3,8H2,1-2H3,(H,15,19). The number of rotatable bonds is 6. The molecule has 0 spiro atoms. The Balaban J connectivity index is 1.85. The molecule has 0 aliphatic carbocycles. The number of aryl methyl sites for hydroxylation is 1. The van der Waals surface area contributed by atoms with Gasteiger partial charge in [-0.1, -0.05) is 18.7 Å². The monoisotopic (exact) mass is 305 g/mol. The summed E-state index contributed by atoms with van der Waals surface area (Å²) in [5.41, 5.74) is 1.26. The third-order valence-corrected chi connectivity index (χ3v) is 3.47. The molecule has 0 saturated carbocycles. The number of ketones is 1. The minimum atomic E-state index is -0.174. The van der Waals surface area contributed by atoms with Gasteiger partial charge in [0, 0.05) is 17.7 Å². The summed E-state index contributed by atoms with van der Waals surface area (Å²) in [5.74, 6) is 0.552. The fourth-order valence-corrected chi connectivity index (χ4v) is 2.13.